The molecule has 0 bridgehead atoms. The van der Waals surface area contributed by atoms with E-state index in [9.17, 15) is 31.5 Å². The highest BCUT2D eigenvalue weighted by atomic mass is 19.4. The lowest BCUT2D eigenvalue weighted by Crippen LogP contribution is -2.27. The van der Waals surface area contributed by atoms with Crippen molar-refractivity contribution in [3.05, 3.63) is 71.6 Å². The molecule has 0 saturated carbocycles. The van der Waals surface area contributed by atoms with Gasteiger partial charge in [0, 0.05) is 54.5 Å². The van der Waals surface area contributed by atoms with E-state index in [0.29, 0.717) is 68.8 Å². The number of carbonyl (C=O) groups excluding carboxylic acids is 2. The Bertz CT molecular complexity index is 1780. The van der Waals surface area contributed by atoms with Crippen LogP contribution < -0.4 is 14.8 Å². The molecule has 0 unspecified atom stereocenters. The topological polar surface area (TPSA) is 137 Å². The monoisotopic (exact) mass is 723 g/mol. The Labute approximate surface area is 288 Å². The molecule has 2 aromatic heterocycles. The van der Waals surface area contributed by atoms with Crippen LogP contribution in [0.1, 0.15) is 41.6 Å². The third kappa shape index (κ3) is 11.1. The van der Waals surface area contributed by atoms with Gasteiger partial charge in [-0.1, -0.05) is 6.07 Å². The summed E-state index contributed by atoms with van der Waals surface area (Å²) in [4.78, 5) is 33.4. The third-order valence-corrected chi connectivity index (χ3v) is 7.56. The number of nitrogens with zero attached hydrogens (tertiary/aromatic N) is 2. The smallest absolute Gasteiger partial charge is 0.475 e. The molecule has 2 aromatic carbocycles. The molecular formula is C34H34F5N3O9. The first-order valence-electron chi connectivity index (χ1n) is 16.0. The number of fused-ring (bicyclic) bond motifs is 3. The lowest BCUT2D eigenvalue weighted by atomic mass is 10.1. The first kappa shape index (κ1) is 37.4. The summed E-state index contributed by atoms with van der Waals surface area (Å²) in [5, 5.41) is 5.16. The number of benzene rings is 2. The quantitative estimate of drug-likeness (QED) is 0.0452. The fourth-order valence-corrected chi connectivity index (χ4v) is 5.15. The van der Waals surface area contributed by atoms with Gasteiger partial charge in [-0.3, -0.25) is 4.98 Å². The molecular weight excluding hydrogens is 689 g/mol. The Morgan fingerprint density at radius 1 is 0.922 bits per heavy atom. The minimum absolute atomic E-state index is 0.0434. The molecule has 274 valence electrons. The lowest BCUT2D eigenvalue weighted by Gasteiger charge is -2.21. The second-order valence-electron chi connectivity index (χ2n) is 11.2. The fraction of sp³-hybridized carbons (Fsp3) is 0.412. The molecule has 12 nitrogen and oxygen atoms in total. The number of hydrogen-bond donors (Lipinski definition) is 1. The summed E-state index contributed by atoms with van der Waals surface area (Å²) in [6, 6.07) is 8.14. The van der Waals surface area contributed by atoms with Gasteiger partial charge in [0.2, 0.25) is 18.4 Å². The van der Waals surface area contributed by atoms with E-state index in [-0.39, 0.29) is 37.0 Å². The molecule has 0 radical (unpaired) electrons. The van der Waals surface area contributed by atoms with E-state index in [1.54, 1.807) is 30.6 Å². The number of rotatable bonds is 16. The normalized spacial score (nSPS) is 13.7. The van der Waals surface area contributed by atoms with Gasteiger partial charge in [0.15, 0.2) is 11.6 Å². The first-order chi connectivity index (χ1) is 24.6. The fourth-order valence-electron chi connectivity index (χ4n) is 5.15. The van der Waals surface area contributed by atoms with E-state index in [1.807, 2.05) is 0 Å². The van der Waals surface area contributed by atoms with Gasteiger partial charge in [-0.05, 0) is 55.3 Å². The second-order valence-corrected chi connectivity index (χ2v) is 11.2. The molecule has 17 heteroatoms. The highest BCUT2D eigenvalue weighted by molar-refractivity contribution is 6.08. The third-order valence-electron chi connectivity index (χ3n) is 7.56. The number of nitrogens with one attached hydrogen (secondary N) is 1. The van der Waals surface area contributed by atoms with Gasteiger partial charge < -0.3 is 38.5 Å². The standard InChI is InChI=1S/C34H34F5N3O9/c35-27-15-21(16-28(36)30(27)51-34(37,38)39)18-40-8-1-2-10-45-13-14-47-31-25-5-9-41-19-26(25)24-4-3-22(17-29(24)42-31)32(43)48-20-49-33(44)50-23-6-11-46-12-7-23/h3-5,9,15-17,19,23,40H,1-2,6-8,10-14,18,20H2. The maximum Gasteiger partial charge on any atom is 0.573 e. The Kier molecular flexibility index (Phi) is 13.1. The maximum absolute atomic E-state index is 13.9. The highest BCUT2D eigenvalue weighted by Crippen LogP contribution is 2.31. The predicted octanol–water partition coefficient (Wildman–Crippen LogP) is 6.37. The predicted molar refractivity (Wildman–Crippen MR) is 169 cm³/mol. The SMILES string of the molecule is O=C(OCOC(=O)c1ccc2c(c1)nc(OCCOCCCCNCc1cc(F)c(OC(F)(F)F)c(F)c1)c1ccncc12)OC1CCOCC1. The Balaban J connectivity index is 1.04. The van der Waals surface area contributed by atoms with E-state index >= 15 is 0 Å². The number of halogens is 5. The summed E-state index contributed by atoms with van der Waals surface area (Å²) in [7, 11) is 0. The van der Waals surface area contributed by atoms with E-state index in [2.05, 4.69) is 20.0 Å². The minimum Gasteiger partial charge on any atom is -0.475 e. The number of alkyl halides is 3. The van der Waals surface area contributed by atoms with E-state index in [1.165, 1.54) is 6.07 Å². The zero-order chi connectivity index (χ0) is 36.2. The number of aromatic nitrogens is 2. The largest absolute Gasteiger partial charge is 0.573 e. The Hall–Kier alpha value is -4.87. The molecule has 1 aliphatic heterocycles. The number of esters is 1. The average molecular weight is 724 g/mol. The van der Waals surface area contributed by atoms with Crippen LogP contribution in [0, 0.1) is 11.6 Å². The molecule has 1 fully saturated rings. The molecule has 3 heterocycles. The molecule has 5 rings (SSSR count). The highest BCUT2D eigenvalue weighted by Gasteiger charge is 2.34. The van der Waals surface area contributed by atoms with Crippen LogP contribution in [-0.4, -0.2) is 80.9 Å². The van der Waals surface area contributed by atoms with Gasteiger partial charge in [0.1, 0.15) is 12.7 Å². The van der Waals surface area contributed by atoms with E-state index < -0.39 is 42.7 Å². The Morgan fingerprint density at radius 3 is 2.47 bits per heavy atom. The van der Waals surface area contributed by atoms with Crippen LogP contribution in [0.2, 0.25) is 0 Å². The molecule has 0 spiro atoms. The van der Waals surface area contributed by atoms with Crippen molar-refractivity contribution in [1.82, 2.24) is 15.3 Å². The zero-order valence-electron chi connectivity index (χ0n) is 27.1. The molecule has 0 aliphatic carbocycles. The van der Waals surface area contributed by atoms with Gasteiger partial charge in [0.25, 0.3) is 0 Å². The number of ether oxygens (including phenoxy) is 7. The van der Waals surface area contributed by atoms with Crippen LogP contribution in [0.3, 0.4) is 0 Å². The summed E-state index contributed by atoms with van der Waals surface area (Å²) < 4.78 is 100.0. The molecule has 0 amide bonds. The number of pyridine rings is 2. The van der Waals surface area contributed by atoms with Crippen LogP contribution in [0.4, 0.5) is 26.7 Å². The van der Waals surface area contributed by atoms with Gasteiger partial charge >= 0.3 is 18.5 Å². The van der Waals surface area contributed by atoms with Crippen LogP contribution in [0.25, 0.3) is 21.7 Å². The van der Waals surface area contributed by atoms with Gasteiger partial charge in [-0.25, -0.2) is 23.4 Å². The van der Waals surface area contributed by atoms with Crippen molar-refractivity contribution in [2.75, 3.05) is 46.4 Å². The van der Waals surface area contributed by atoms with Crippen molar-refractivity contribution in [1.29, 1.82) is 0 Å². The zero-order valence-corrected chi connectivity index (χ0v) is 27.1. The van der Waals surface area contributed by atoms with E-state index in [0.717, 1.165) is 22.9 Å². The van der Waals surface area contributed by atoms with Crippen molar-refractivity contribution in [2.24, 2.45) is 0 Å². The summed E-state index contributed by atoms with van der Waals surface area (Å²) >= 11 is 0. The van der Waals surface area contributed by atoms with Crippen LogP contribution >= 0.6 is 0 Å². The summed E-state index contributed by atoms with van der Waals surface area (Å²) in [5.74, 6) is -4.80. The summed E-state index contributed by atoms with van der Waals surface area (Å²) in [6.45, 7) is 1.69. The van der Waals surface area contributed by atoms with Crippen molar-refractivity contribution in [3.63, 3.8) is 0 Å². The first-order valence-corrected chi connectivity index (χ1v) is 16.0. The van der Waals surface area contributed by atoms with Crippen molar-refractivity contribution < 1.29 is 64.7 Å². The van der Waals surface area contributed by atoms with Crippen LogP contribution in [-0.2, 0) is 30.2 Å². The summed E-state index contributed by atoms with van der Waals surface area (Å²) in [5.41, 5.74) is 0.755. The van der Waals surface area contributed by atoms with Crippen molar-refractivity contribution in [2.45, 2.75) is 44.7 Å². The Morgan fingerprint density at radius 2 is 1.71 bits per heavy atom. The average Bonchev–Trinajstić information content (AvgIpc) is 3.10. The van der Waals surface area contributed by atoms with Crippen molar-refractivity contribution >= 4 is 33.8 Å². The van der Waals surface area contributed by atoms with Gasteiger partial charge in [0.05, 0.1) is 30.9 Å². The number of hydrogen-bond acceptors (Lipinski definition) is 12. The molecule has 4 aromatic rings. The maximum atomic E-state index is 13.9. The second kappa shape index (κ2) is 17.9. The molecule has 1 N–H and O–H groups in total. The number of carbonyl (C=O) groups is 2. The molecule has 1 aliphatic rings. The van der Waals surface area contributed by atoms with Crippen LogP contribution in [0.5, 0.6) is 11.6 Å². The molecule has 0 atom stereocenters. The molecule has 1 saturated heterocycles. The minimum atomic E-state index is -5.21. The lowest BCUT2D eigenvalue weighted by molar-refractivity contribution is -0.276. The molecule has 51 heavy (non-hydrogen) atoms. The van der Waals surface area contributed by atoms with Crippen LogP contribution in [0.15, 0.2) is 48.8 Å². The summed E-state index contributed by atoms with van der Waals surface area (Å²) in [6.07, 6.45) is -0.733. The van der Waals surface area contributed by atoms with Crippen molar-refractivity contribution in [3.8, 4) is 11.6 Å². The van der Waals surface area contributed by atoms with E-state index in [4.69, 9.17) is 28.4 Å². The van der Waals surface area contributed by atoms with Gasteiger partial charge in [-0.2, -0.15) is 0 Å². The van der Waals surface area contributed by atoms with Gasteiger partial charge in [-0.15, -0.1) is 13.2 Å². The number of unbranched alkanes of at least 4 members (excludes halogenated alkanes) is 1.